The van der Waals surface area contributed by atoms with Crippen LogP contribution >= 0.6 is 0 Å². The Morgan fingerprint density at radius 2 is 2.36 bits per heavy atom. The largest absolute Gasteiger partial charge is 0.281 e. The highest BCUT2D eigenvalue weighted by Crippen LogP contribution is 2.01. The Labute approximate surface area is 64.5 Å². The lowest BCUT2D eigenvalue weighted by atomic mass is 10.5. The van der Waals surface area contributed by atoms with E-state index < -0.39 is 10.0 Å². The zero-order chi connectivity index (χ0) is 8.32. The van der Waals surface area contributed by atoms with Gasteiger partial charge < -0.3 is 0 Å². The number of hydrogen-bond donors (Lipinski definition) is 1. The molecular formula is C5H6N3O2S. The van der Waals surface area contributed by atoms with Gasteiger partial charge in [0.2, 0.25) is 10.0 Å². The first-order valence-corrected chi connectivity index (χ1v) is 4.64. The fraction of sp³-hybridized carbons (Fsp3) is 0.200. The Morgan fingerprint density at radius 1 is 1.64 bits per heavy atom. The van der Waals surface area contributed by atoms with E-state index in [1.165, 1.54) is 12.3 Å². The van der Waals surface area contributed by atoms with Crippen LogP contribution < -0.4 is 4.72 Å². The summed E-state index contributed by atoms with van der Waals surface area (Å²) in [5, 5.41) is 6.80. The predicted molar refractivity (Wildman–Crippen MR) is 39.3 cm³/mol. The second-order valence-electron chi connectivity index (χ2n) is 1.93. The molecule has 0 atom stereocenters. The van der Waals surface area contributed by atoms with Crippen molar-refractivity contribution in [3.63, 3.8) is 0 Å². The molecule has 0 spiro atoms. The molecule has 0 unspecified atom stereocenters. The number of nitrogens with one attached hydrogen (secondary N) is 1. The van der Waals surface area contributed by atoms with Crippen molar-refractivity contribution in [2.24, 2.45) is 0 Å². The first-order valence-electron chi connectivity index (χ1n) is 2.75. The normalized spacial score (nSPS) is 11.0. The highest BCUT2D eigenvalue weighted by Gasteiger charge is 2.00. The maximum absolute atomic E-state index is 10.6. The van der Waals surface area contributed by atoms with Gasteiger partial charge in [0.05, 0.1) is 18.1 Å². The Morgan fingerprint density at radius 3 is 2.82 bits per heavy atom. The average Bonchev–Trinajstić information content (AvgIpc) is 1.85. The monoisotopic (exact) mass is 172 g/mol. The van der Waals surface area contributed by atoms with Crippen LogP contribution in [0.2, 0.25) is 0 Å². The van der Waals surface area contributed by atoms with Crippen LogP contribution in [0, 0.1) is 6.20 Å². The van der Waals surface area contributed by atoms with Crippen molar-refractivity contribution in [2.75, 3.05) is 11.0 Å². The Kier molecular flexibility index (Phi) is 2.04. The van der Waals surface area contributed by atoms with Crippen LogP contribution in [0.15, 0.2) is 12.3 Å². The Hall–Kier alpha value is -1.17. The van der Waals surface area contributed by atoms with Gasteiger partial charge in [-0.3, -0.25) is 4.72 Å². The second kappa shape index (κ2) is 2.83. The lowest BCUT2D eigenvalue weighted by molar-refractivity contribution is 0.606. The van der Waals surface area contributed by atoms with E-state index in [0.29, 0.717) is 5.69 Å². The molecule has 11 heavy (non-hydrogen) atoms. The average molecular weight is 172 g/mol. The summed E-state index contributed by atoms with van der Waals surface area (Å²) in [5.74, 6) is 0. The van der Waals surface area contributed by atoms with Gasteiger partial charge in [0, 0.05) is 0 Å². The van der Waals surface area contributed by atoms with Crippen molar-refractivity contribution in [1.82, 2.24) is 10.2 Å². The molecule has 1 N–H and O–H groups in total. The van der Waals surface area contributed by atoms with Crippen molar-refractivity contribution in [1.29, 1.82) is 0 Å². The summed E-state index contributed by atoms with van der Waals surface area (Å²) in [6.45, 7) is 0. The van der Waals surface area contributed by atoms with E-state index in [1.54, 1.807) is 0 Å². The Balaban J connectivity index is 2.82. The van der Waals surface area contributed by atoms with Gasteiger partial charge in [-0.1, -0.05) is 0 Å². The number of rotatable bonds is 2. The van der Waals surface area contributed by atoms with Crippen LogP contribution in [0.5, 0.6) is 0 Å². The number of nitrogens with zero attached hydrogens (tertiary/aromatic N) is 2. The molecule has 0 saturated carbocycles. The quantitative estimate of drug-likeness (QED) is 0.661. The van der Waals surface area contributed by atoms with E-state index in [0.717, 1.165) is 6.26 Å². The van der Waals surface area contributed by atoms with E-state index in [4.69, 9.17) is 0 Å². The number of aromatic nitrogens is 2. The first kappa shape index (κ1) is 7.93. The first-order chi connectivity index (χ1) is 5.08. The smallest absolute Gasteiger partial charge is 0.229 e. The maximum Gasteiger partial charge on any atom is 0.229 e. The third-order valence-electron chi connectivity index (χ3n) is 0.831. The minimum atomic E-state index is -3.23. The van der Waals surface area contributed by atoms with E-state index in [2.05, 4.69) is 21.1 Å². The fourth-order valence-corrected chi connectivity index (χ4v) is 1.03. The zero-order valence-corrected chi connectivity index (χ0v) is 6.59. The molecule has 1 rings (SSSR count). The van der Waals surface area contributed by atoms with E-state index >= 15 is 0 Å². The van der Waals surface area contributed by atoms with Crippen LogP contribution in [0.3, 0.4) is 0 Å². The molecule has 0 aliphatic carbocycles. The molecule has 1 aromatic heterocycles. The van der Waals surface area contributed by atoms with Crippen molar-refractivity contribution < 1.29 is 8.42 Å². The van der Waals surface area contributed by atoms with Crippen LogP contribution in [-0.4, -0.2) is 24.9 Å². The summed E-state index contributed by atoms with van der Waals surface area (Å²) in [7, 11) is -3.23. The van der Waals surface area contributed by atoms with E-state index in [-0.39, 0.29) is 0 Å². The van der Waals surface area contributed by atoms with Gasteiger partial charge in [0.1, 0.15) is 6.20 Å². The fourth-order valence-electron chi connectivity index (χ4n) is 0.518. The zero-order valence-electron chi connectivity index (χ0n) is 5.77. The lowest BCUT2D eigenvalue weighted by Gasteiger charge is -1.99. The van der Waals surface area contributed by atoms with Crippen LogP contribution in [0.4, 0.5) is 5.69 Å². The topological polar surface area (TPSA) is 72.0 Å². The van der Waals surface area contributed by atoms with Crippen molar-refractivity contribution in [3.05, 3.63) is 18.5 Å². The Bertz CT molecular complexity index is 321. The van der Waals surface area contributed by atoms with Crippen LogP contribution in [0.1, 0.15) is 0 Å². The van der Waals surface area contributed by atoms with Gasteiger partial charge in [-0.15, -0.1) is 5.10 Å². The number of anilines is 1. The summed E-state index contributed by atoms with van der Waals surface area (Å²) in [6, 6.07) is 1.47. The second-order valence-corrected chi connectivity index (χ2v) is 3.68. The van der Waals surface area contributed by atoms with Gasteiger partial charge >= 0.3 is 0 Å². The minimum absolute atomic E-state index is 0.294. The highest BCUT2D eigenvalue weighted by atomic mass is 32.2. The molecule has 1 aromatic rings. The standard InChI is InChI=1S/C5H6N3O2S/c1-11(9,10)8-5-2-3-6-7-4-5/h2-3H,1H3,(H,6,8). The van der Waals surface area contributed by atoms with Crippen LogP contribution in [-0.2, 0) is 10.0 Å². The molecule has 6 heteroatoms. The third kappa shape index (κ3) is 2.94. The molecule has 0 amide bonds. The summed E-state index contributed by atoms with van der Waals surface area (Å²) >= 11 is 0. The minimum Gasteiger partial charge on any atom is -0.281 e. The number of sulfonamides is 1. The van der Waals surface area contributed by atoms with Gasteiger partial charge in [0.15, 0.2) is 0 Å². The summed E-state index contributed by atoms with van der Waals surface area (Å²) in [6.07, 6.45) is 4.81. The van der Waals surface area contributed by atoms with Gasteiger partial charge in [-0.2, -0.15) is 5.10 Å². The summed E-state index contributed by atoms with van der Waals surface area (Å²) < 4.78 is 23.4. The molecule has 0 aliphatic rings. The summed E-state index contributed by atoms with van der Waals surface area (Å²) in [4.78, 5) is 0. The molecule has 59 valence electrons. The van der Waals surface area contributed by atoms with Gasteiger partial charge in [-0.05, 0) is 6.07 Å². The van der Waals surface area contributed by atoms with E-state index in [1.807, 2.05) is 0 Å². The molecule has 0 bridgehead atoms. The number of hydrogen-bond acceptors (Lipinski definition) is 4. The van der Waals surface area contributed by atoms with E-state index in [9.17, 15) is 8.42 Å². The lowest BCUT2D eigenvalue weighted by Crippen LogP contribution is -2.09. The van der Waals surface area contributed by atoms with Crippen molar-refractivity contribution in [3.8, 4) is 0 Å². The maximum atomic E-state index is 10.6. The molecule has 5 nitrogen and oxygen atoms in total. The van der Waals surface area contributed by atoms with Crippen molar-refractivity contribution in [2.45, 2.75) is 0 Å². The molecular weight excluding hydrogens is 166 g/mol. The molecule has 1 heterocycles. The van der Waals surface area contributed by atoms with Gasteiger partial charge in [0.25, 0.3) is 0 Å². The molecule has 0 aromatic carbocycles. The predicted octanol–water partition coefficient (Wildman–Crippen LogP) is -0.352. The summed E-state index contributed by atoms with van der Waals surface area (Å²) in [5.41, 5.74) is 0.294. The highest BCUT2D eigenvalue weighted by molar-refractivity contribution is 7.92. The molecule has 0 saturated heterocycles. The van der Waals surface area contributed by atoms with Crippen LogP contribution in [0.25, 0.3) is 0 Å². The van der Waals surface area contributed by atoms with Crippen molar-refractivity contribution >= 4 is 15.7 Å². The molecule has 1 radical (unpaired) electrons. The molecule has 0 fully saturated rings. The van der Waals surface area contributed by atoms with Gasteiger partial charge in [-0.25, -0.2) is 8.42 Å². The molecule has 0 aliphatic heterocycles. The SMILES string of the molecule is CS(=O)(=O)Nc1[c]nncc1. The third-order valence-corrected chi connectivity index (χ3v) is 1.42.